The van der Waals surface area contributed by atoms with Gasteiger partial charge in [-0.25, -0.2) is 0 Å². The number of nitrogens with zero attached hydrogens (tertiary/aromatic N) is 1. The first-order valence-electron chi connectivity index (χ1n) is 7.24. The number of likely N-dealkylation sites (tertiary alicyclic amines) is 1. The lowest BCUT2D eigenvalue weighted by atomic mass is 10.0. The Morgan fingerprint density at radius 2 is 2.06 bits per heavy atom. The molecule has 1 aromatic rings. The molecule has 1 aromatic carbocycles. The SMILES string of the molecule is CCN1CCC(N[C@@H](C)c2cccc(C)c2)CC1. The summed E-state index contributed by atoms with van der Waals surface area (Å²) in [7, 11) is 0. The summed E-state index contributed by atoms with van der Waals surface area (Å²) in [5, 5.41) is 3.78. The third kappa shape index (κ3) is 3.56. The molecule has 100 valence electrons. The van der Waals surface area contributed by atoms with Gasteiger partial charge in [0.25, 0.3) is 0 Å². The number of benzene rings is 1. The van der Waals surface area contributed by atoms with Crippen LogP contribution in [0.25, 0.3) is 0 Å². The standard InChI is InChI=1S/C16H26N2/c1-4-18-10-8-16(9-11-18)17-14(3)15-7-5-6-13(2)12-15/h5-7,12,14,16-17H,4,8-11H2,1-3H3/t14-/m0/s1. The van der Waals surface area contributed by atoms with Crippen LogP contribution in [0.5, 0.6) is 0 Å². The number of hydrogen-bond acceptors (Lipinski definition) is 2. The topological polar surface area (TPSA) is 15.3 Å². The molecule has 0 amide bonds. The van der Waals surface area contributed by atoms with Crippen LogP contribution in [0.4, 0.5) is 0 Å². The van der Waals surface area contributed by atoms with Crippen molar-refractivity contribution in [1.29, 1.82) is 0 Å². The summed E-state index contributed by atoms with van der Waals surface area (Å²) in [5.41, 5.74) is 2.76. The summed E-state index contributed by atoms with van der Waals surface area (Å²) >= 11 is 0. The Labute approximate surface area is 111 Å². The number of hydrogen-bond donors (Lipinski definition) is 1. The first-order valence-corrected chi connectivity index (χ1v) is 7.24. The average Bonchev–Trinajstić information content (AvgIpc) is 2.39. The molecule has 18 heavy (non-hydrogen) atoms. The second kappa shape index (κ2) is 6.35. The molecular weight excluding hydrogens is 220 g/mol. The summed E-state index contributed by atoms with van der Waals surface area (Å²) in [5.74, 6) is 0. The Hall–Kier alpha value is -0.860. The molecule has 1 aliphatic heterocycles. The Balaban J connectivity index is 1.86. The summed E-state index contributed by atoms with van der Waals surface area (Å²) in [6.45, 7) is 10.4. The van der Waals surface area contributed by atoms with Crippen molar-refractivity contribution in [1.82, 2.24) is 10.2 Å². The molecule has 1 N–H and O–H groups in total. The zero-order chi connectivity index (χ0) is 13.0. The molecule has 0 saturated carbocycles. The fourth-order valence-corrected chi connectivity index (χ4v) is 2.81. The van der Waals surface area contributed by atoms with Crippen LogP contribution >= 0.6 is 0 Å². The maximum Gasteiger partial charge on any atom is 0.0294 e. The van der Waals surface area contributed by atoms with Crippen molar-refractivity contribution in [2.75, 3.05) is 19.6 Å². The highest BCUT2D eigenvalue weighted by molar-refractivity contribution is 5.24. The van der Waals surface area contributed by atoms with Crippen molar-refractivity contribution in [3.8, 4) is 0 Å². The average molecular weight is 246 g/mol. The van der Waals surface area contributed by atoms with E-state index in [0.29, 0.717) is 12.1 Å². The molecule has 1 atom stereocenters. The van der Waals surface area contributed by atoms with Gasteiger partial charge in [-0.15, -0.1) is 0 Å². The monoisotopic (exact) mass is 246 g/mol. The fourth-order valence-electron chi connectivity index (χ4n) is 2.81. The molecule has 0 aliphatic carbocycles. The lowest BCUT2D eigenvalue weighted by Gasteiger charge is -2.33. The minimum atomic E-state index is 0.461. The van der Waals surface area contributed by atoms with Crippen molar-refractivity contribution in [2.45, 2.75) is 45.7 Å². The molecule has 1 fully saturated rings. The minimum absolute atomic E-state index is 0.461. The number of rotatable bonds is 4. The lowest BCUT2D eigenvalue weighted by Crippen LogP contribution is -2.43. The molecule has 0 aromatic heterocycles. The van der Waals surface area contributed by atoms with Gasteiger partial charge in [0.05, 0.1) is 0 Å². The van der Waals surface area contributed by atoms with Crippen molar-refractivity contribution < 1.29 is 0 Å². The molecule has 0 radical (unpaired) electrons. The molecule has 2 nitrogen and oxygen atoms in total. The van der Waals surface area contributed by atoms with E-state index in [9.17, 15) is 0 Å². The van der Waals surface area contributed by atoms with E-state index in [1.807, 2.05) is 0 Å². The molecule has 0 unspecified atom stereocenters. The lowest BCUT2D eigenvalue weighted by molar-refractivity contribution is 0.200. The molecule has 1 saturated heterocycles. The number of nitrogens with one attached hydrogen (secondary N) is 1. The van der Waals surface area contributed by atoms with E-state index in [2.05, 4.69) is 55.3 Å². The predicted octanol–water partition coefficient (Wildman–Crippen LogP) is 3.13. The molecule has 1 heterocycles. The Morgan fingerprint density at radius 3 is 2.67 bits per heavy atom. The van der Waals surface area contributed by atoms with E-state index < -0.39 is 0 Å². The molecule has 2 heteroatoms. The van der Waals surface area contributed by atoms with Gasteiger partial charge < -0.3 is 10.2 Å². The van der Waals surface area contributed by atoms with Gasteiger partial charge in [-0.3, -0.25) is 0 Å². The van der Waals surface area contributed by atoms with Crippen LogP contribution in [-0.4, -0.2) is 30.6 Å². The van der Waals surface area contributed by atoms with Crippen molar-refractivity contribution in [3.05, 3.63) is 35.4 Å². The largest absolute Gasteiger partial charge is 0.307 e. The second-order valence-corrected chi connectivity index (χ2v) is 5.51. The quantitative estimate of drug-likeness (QED) is 0.878. The van der Waals surface area contributed by atoms with E-state index in [4.69, 9.17) is 0 Å². The summed E-state index contributed by atoms with van der Waals surface area (Å²) in [6.07, 6.45) is 2.56. The first kappa shape index (κ1) is 13.6. The highest BCUT2D eigenvalue weighted by Gasteiger charge is 2.19. The van der Waals surface area contributed by atoms with Crippen LogP contribution in [0.2, 0.25) is 0 Å². The van der Waals surface area contributed by atoms with Crippen LogP contribution in [0.1, 0.15) is 43.9 Å². The number of aryl methyl sites for hydroxylation is 1. The van der Waals surface area contributed by atoms with Gasteiger partial charge in [0.1, 0.15) is 0 Å². The van der Waals surface area contributed by atoms with Gasteiger partial charge >= 0.3 is 0 Å². The maximum absolute atomic E-state index is 3.78. The van der Waals surface area contributed by atoms with Crippen LogP contribution in [0.3, 0.4) is 0 Å². The van der Waals surface area contributed by atoms with Gasteiger partial charge in [0, 0.05) is 12.1 Å². The maximum atomic E-state index is 3.78. The Bertz CT molecular complexity index is 367. The smallest absolute Gasteiger partial charge is 0.0294 e. The van der Waals surface area contributed by atoms with Crippen LogP contribution in [0.15, 0.2) is 24.3 Å². The van der Waals surface area contributed by atoms with Gasteiger partial charge in [-0.05, 0) is 51.9 Å². The van der Waals surface area contributed by atoms with Crippen molar-refractivity contribution in [3.63, 3.8) is 0 Å². The van der Waals surface area contributed by atoms with E-state index in [1.165, 1.54) is 43.6 Å². The summed E-state index contributed by atoms with van der Waals surface area (Å²) in [6, 6.07) is 9.98. The predicted molar refractivity (Wildman–Crippen MR) is 77.9 cm³/mol. The van der Waals surface area contributed by atoms with Gasteiger partial charge in [0.15, 0.2) is 0 Å². The first-order chi connectivity index (χ1) is 8.69. The molecule has 1 aliphatic rings. The van der Waals surface area contributed by atoms with Gasteiger partial charge in [0.2, 0.25) is 0 Å². The third-order valence-corrected chi connectivity index (χ3v) is 4.06. The minimum Gasteiger partial charge on any atom is -0.307 e. The van der Waals surface area contributed by atoms with Crippen LogP contribution < -0.4 is 5.32 Å². The zero-order valence-corrected chi connectivity index (χ0v) is 11.9. The summed E-state index contributed by atoms with van der Waals surface area (Å²) in [4.78, 5) is 2.54. The van der Waals surface area contributed by atoms with Gasteiger partial charge in [-0.1, -0.05) is 36.8 Å². The molecule has 0 spiro atoms. The second-order valence-electron chi connectivity index (χ2n) is 5.51. The highest BCUT2D eigenvalue weighted by atomic mass is 15.1. The van der Waals surface area contributed by atoms with E-state index in [-0.39, 0.29) is 0 Å². The fraction of sp³-hybridized carbons (Fsp3) is 0.625. The van der Waals surface area contributed by atoms with Crippen LogP contribution in [-0.2, 0) is 0 Å². The van der Waals surface area contributed by atoms with Crippen molar-refractivity contribution in [2.24, 2.45) is 0 Å². The van der Waals surface area contributed by atoms with E-state index in [0.717, 1.165) is 0 Å². The third-order valence-electron chi connectivity index (χ3n) is 4.06. The summed E-state index contributed by atoms with van der Waals surface area (Å²) < 4.78 is 0. The molecule has 2 rings (SSSR count). The normalized spacial score (nSPS) is 19.9. The Morgan fingerprint density at radius 1 is 1.33 bits per heavy atom. The zero-order valence-electron chi connectivity index (χ0n) is 11.9. The number of piperidine rings is 1. The molecule has 0 bridgehead atoms. The molecular formula is C16H26N2. The Kier molecular flexibility index (Phi) is 4.79. The van der Waals surface area contributed by atoms with Crippen molar-refractivity contribution >= 4 is 0 Å². The van der Waals surface area contributed by atoms with Crippen LogP contribution in [0, 0.1) is 6.92 Å². The van der Waals surface area contributed by atoms with E-state index in [1.54, 1.807) is 0 Å². The van der Waals surface area contributed by atoms with E-state index >= 15 is 0 Å². The highest BCUT2D eigenvalue weighted by Crippen LogP contribution is 2.18. The van der Waals surface area contributed by atoms with Gasteiger partial charge in [-0.2, -0.15) is 0 Å².